The summed E-state index contributed by atoms with van der Waals surface area (Å²) in [5, 5.41) is 0. The number of hydrogen-bond acceptors (Lipinski definition) is 0. The highest BCUT2D eigenvalue weighted by Crippen LogP contribution is 2.44. The fraction of sp³-hybridized carbons (Fsp3) is 0.273. The lowest BCUT2D eigenvalue weighted by Gasteiger charge is -2.14. The van der Waals surface area contributed by atoms with Crippen molar-refractivity contribution in [1.29, 1.82) is 0 Å². The minimum absolute atomic E-state index is 0.207. The van der Waals surface area contributed by atoms with Crippen molar-refractivity contribution in [3.63, 3.8) is 0 Å². The summed E-state index contributed by atoms with van der Waals surface area (Å²) in [6.45, 7) is 4.44. The van der Waals surface area contributed by atoms with E-state index in [2.05, 4.69) is 66.8 Å². The first-order chi connectivity index (χ1) is 5.61. The zero-order valence-corrected chi connectivity index (χ0v) is 9.42. The summed E-state index contributed by atoms with van der Waals surface area (Å²) in [4.78, 5) is 0. The number of hydrogen-bond donors (Lipinski definition) is 0. The predicted molar refractivity (Wildman–Crippen MR) is 61.5 cm³/mol. The number of halogens is 1. The Morgan fingerprint density at radius 2 is 1.92 bits per heavy atom. The van der Waals surface area contributed by atoms with Crippen LogP contribution >= 0.6 is 22.6 Å². The summed E-state index contributed by atoms with van der Waals surface area (Å²) in [6.07, 6.45) is 2.33. The molecule has 12 heavy (non-hydrogen) atoms. The zero-order chi connectivity index (χ0) is 8.77. The number of fused-ring (bicyclic) bond motifs is 1. The molecule has 0 spiro atoms. The fourth-order valence-electron chi connectivity index (χ4n) is 1.82. The molecule has 1 heteroatoms. The molecular formula is C11H11I. The Hall–Kier alpha value is -0.310. The first-order valence-electron chi connectivity index (χ1n) is 4.09. The van der Waals surface area contributed by atoms with E-state index in [1.165, 1.54) is 16.7 Å². The first kappa shape index (κ1) is 8.30. The van der Waals surface area contributed by atoms with Gasteiger partial charge in [-0.3, -0.25) is 0 Å². The van der Waals surface area contributed by atoms with E-state index < -0.39 is 0 Å². The molecule has 0 saturated carbocycles. The Morgan fingerprint density at radius 1 is 1.25 bits per heavy atom. The van der Waals surface area contributed by atoms with Crippen LogP contribution in [0.25, 0.3) is 5.57 Å². The number of alkyl halides is 1. The summed E-state index contributed by atoms with van der Waals surface area (Å²) in [5.41, 5.74) is 4.26. The van der Waals surface area contributed by atoms with Gasteiger partial charge in [0.05, 0.1) is 3.42 Å². The van der Waals surface area contributed by atoms with Crippen molar-refractivity contribution >= 4 is 28.2 Å². The first-order valence-corrected chi connectivity index (χ1v) is 5.17. The van der Waals surface area contributed by atoms with Crippen molar-refractivity contribution in [2.24, 2.45) is 0 Å². The van der Waals surface area contributed by atoms with Crippen LogP contribution in [0.2, 0.25) is 0 Å². The maximum absolute atomic E-state index is 2.50. The summed E-state index contributed by atoms with van der Waals surface area (Å²) in [7, 11) is 0. The van der Waals surface area contributed by atoms with Crippen LogP contribution in [0, 0.1) is 0 Å². The maximum atomic E-state index is 2.50. The van der Waals surface area contributed by atoms with E-state index in [0.29, 0.717) is 0 Å². The number of rotatable bonds is 0. The van der Waals surface area contributed by atoms with Crippen LogP contribution in [0.1, 0.15) is 25.0 Å². The highest BCUT2D eigenvalue weighted by molar-refractivity contribution is 14.1. The van der Waals surface area contributed by atoms with E-state index in [9.17, 15) is 0 Å². The van der Waals surface area contributed by atoms with Crippen LogP contribution in [-0.2, 0) is 3.42 Å². The summed E-state index contributed by atoms with van der Waals surface area (Å²) in [5.74, 6) is 0. The van der Waals surface area contributed by atoms with E-state index in [-0.39, 0.29) is 3.42 Å². The summed E-state index contributed by atoms with van der Waals surface area (Å²) < 4.78 is 0.207. The topological polar surface area (TPSA) is 0 Å². The van der Waals surface area contributed by atoms with Gasteiger partial charge >= 0.3 is 0 Å². The third kappa shape index (κ3) is 1.11. The van der Waals surface area contributed by atoms with Crippen LogP contribution in [-0.4, -0.2) is 0 Å². The predicted octanol–water partition coefficient (Wildman–Crippen LogP) is 3.75. The number of benzene rings is 1. The van der Waals surface area contributed by atoms with E-state index in [1.807, 2.05) is 0 Å². The van der Waals surface area contributed by atoms with Crippen LogP contribution in [0.5, 0.6) is 0 Å². The quantitative estimate of drug-likeness (QED) is 0.497. The second kappa shape index (κ2) is 2.59. The van der Waals surface area contributed by atoms with Gasteiger partial charge in [-0.2, -0.15) is 0 Å². The Bertz CT molecular complexity index is 348. The molecule has 0 aliphatic heterocycles. The molecule has 1 unspecified atom stereocenters. The van der Waals surface area contributed by atoms with E-state index in [0.717, 1.165) is 0 Å². The average molecular weight is 270 g/mol. The van der Waals surface area contributed by atoms with Crippen molar-refractivity contribution in [2.75, 3.05) is 0 Å². The molecule has 1 aliphatic rings. The Balaban J connectivity index is 2.68. The average Bonchev–Trinajstić information content (AvgIpc) is 2.25. The number of allylic oxidation sites excluding steroid dienone is 2. The van der Waals surface area contributed by atoms with Crippen LogP contribution in [0.4, 0.5) is 0 Å². The second-order valence-corrected chi connectivity index (χ2v) is 5.69. The van der Waals surface area contributed by atoms with Gasteiger partial charge in [0.2, 0.25) is 0 Å². The molecule has 0 bridgehead atoms. The second-order valence-electron chi connectivity index (χ2n) is 3.45. The molecule has 62 valence electrons. The molecule has 0 aromatic heterocycles. The normalized spacial score (nSPS) is 26.8. The van der Waals surface area contributed by atoms with Gasteiger partial charge in [0.1, 0.15) is 0 Å². The molecule has 1 aromatic rings. The summed E-state index contributed by atoms with van der Waals surface area (Å²) in [6, 6.07) is 8.64. The lowest BCUT2D eigenvalue weighted by atomic mass is 10.0. The fourth-order valence-corrected chi connectivity index (χ4v) is 2.75. The zero-order valence-electron chi connectivity index (χ0n) is 7.26. The Labute approximate surface area is 86.8 Å². The van der Waals surface area contributed by atoms with Crippen LogP contribution in [0.3, 0.4) is 0 Å². The molecule has 1 aliphatic carbocycles. The van der Waals surface area contributed by atoms with Crippen molar-refractivity contribution < 1.29 is 0 Å². The van der Waals surface area contributed by atoms with Gasteiger partial charge in [-0.25, -0.2) is 0 Å². The van der Waals surface area contributed by atoms with E-state index in [4.69, 9.17) is 0 Å². The monoisotopic (exact) mass is 270 g/mol. The molecule has 0 radical (unpaired) electrons. The lowest BCUT2D eigenvalue weighted by Crippen LogP contribution is -2.05. The third-order valence-electron chi connectivity index (χ3n) is 2.37. The van der Waals surface area contributed by atoms with Gasteiger partial charge in [-0.05, 0) is 30.5 Å². The largest absolute Gasteiger partial charge is 0.0693 e. The van der Waals surface area contributed by atoms with E-state index in [1.54, 1.807) is 0 Å². The molecule has 0 amide bonds. The van der Waals surface area contributed by atoms with E-state index >= 15 is 0 Å². The Morgan fingerprint density at radius 3 is 2.58 bits per heavy atom. The molecular weight excluding hydrogens is 259 g/mol. The van der Waals surface area contributed by atoms with Crippen LogP contribution in [0.15, 0.2) is 30.3 Å². The highest BCUT2D eigenvalue weighted by Gasteiger charge is 2.28. The smallest absolute Gasteiger partial charge is 0.0633 e. The highest BCUT2D eigenvalue weighted by atomic mass is 127. The van der Waals surface area contributed by atoms with Crippen molar-refractivity contribution in [3.8, 4) is 0 Å². The molecule has 1 atom stereocenters. The van der Waals surface area contributed by atoms with Gasteiger partial charge in [0.25, 0.3) is 0 Å². The molecule has 1 aromatic carbocycles. The van der Waals surface area contributed by atoms with Crippen molar-refractivity contribution in [2.45, 2.75) is 17.3 Å². The molecule has 0 heterocycles. The van der Waals surface area contributed by atoms with Gasteiger partial charge in [-0.15, -0.1) is 0 Å². The van der Waals surface area contributed by atoms with Gasteiger partial charge in [0, 0.05) is 0 Å². The molecule has 0 fully saturated rings. The SMILES string of the molecule is CC1=CC(C)(I)c2ccccc21. The van der Waals surface area contributed by atoms with Crippen molar-refractivity contribution in [3.05, 3.63) is 41.5 Å². The van der Waals surface area contributed by atoms with Gasteiger partial charge in [-0.1, -0.05) is 52.9 Å². The molecule has 0 nitrogen and oxygen atoms in total. The maximum Gasteiger partial charge on any atom is 0.0633 e. The minimum Gasteiger partial charge on any atom is -0.0693 e. The molecule has 2 rings (SSSR count). The molecule has 0 N–H and O–H groups in total. The summed E-state index contributed by atoms with van der Waals surface area (Å²) >= 11 is 2.50. The minimum atomic E-state index is 0.207. The van der Waals surface area contributed by atoms with Crippen LogP contribution < -0.4 is 0 Å². The van der Waals surface area contributed by atoms with Crippen molar-refractivity contribution in [1.82, 2.24) is 0 Å². The lowest BCUT2D eigenvalue weighted by molar-refractivity contribution is 0.948. The van der Waals surface area contributed by atoms with Gasteiger partial charge < -0.3 is 0 Å². The standard InChI is InChI=1S/C11H11I/c1-8-7-11(2,12)10-6-4-3-5-9(8)10/h3-7H,1-2H3. The third-order valence-corrected chi connectivity index (χ3v) is 3.26. The molecule has 0 saturated heterocycles. The van der Waals surface area contributed by atoms with Gasteiger partial charge in [0.15, 0.2) is 0 Å². The Kier molecular flexibility index (Phi) is 1.79.